The van der Waals surface area contributed by atoms with Gasteiger partial charge in [-0.2, -0.15) is 0 Å². The van der Waals surface area contributed by atoms with Crippen LogP contribution >= 0.6 is 0 Å². The second-order valence-corrected chi connectivity index (χ2v) is 14.9. The third kappa shape index (κ3) is 9.43. The van der Waals surface area contributed by atoms with Crippen molar-refractivity contribution in [2.45, 2.75) is 44.4 Å². The number of benzene rings is 4. The van der Waals surface area contributed by atoms with E-state index in [0.29, 0.717) is 54.2 Å². The topological polar surface area (TPSA) is 147 Å². The molecule has 1 saturated carbocycles. The van der Waals surface area contributed by atoms with Crippen LogP contribution in [0, 0.1) is 11.8 Å². The number of ether oxygens (including phenoxy) is 1. The number of amides is 2. The van der Waals surface area contributed by atoms with E-state index in [2.05, 4.69) is 44.8 Å². The van der Waals surface area contributed by atoms with E-state index < -0.39 is 12.2 Å². The standard InChI is InChI=1S/C44H49N5O6/c1-48(22-21-45-25-40(51)36-16-18-39(50)43-37(36)17-19-41(52)47-43)42(53)20-15-29-11-13-30(14-12-29)26-49-27-32-23-34(24-33(32)28-49)55-44(54)46-38-10-6-5-9-35(38)31-7-3-2-4-8-31/h2-14,16-19,32-34,40,45,50-51H,15,20-28H2,1H3,(H,46,54)(H,47,52)/t32-,33+,34+,40-/m0/s1. The van der Waals surface area contributed by atoms with Gasteiger partial charge in [-0.3, -0.25) is 19.8 Å². The number of nitrogens with one attached hydrogen (secondary N) is 3. The predicted molar refractivity (Wildman–Crippen MR) is 214 cm³/mol. The van der Waals surface area contributed by atoms with Crippen LogP contribution in [-0.2, 0) is 22.5 Å². The van der Waals surface area contributed by atoms with Crippen LogP contribution in [0.2, 0.25) is 0 Å². The molecule has 55 heavy (non-hydrogen) atoms. The number of phenols is 1. The summed E-state index contributed by atoms with van der Waals surface area (Å²) in [4.78, 5) is 44.2. The van der Waals surface area contributed by atoms with Gasteiger partial charge < -0.3 is 30.2 Å². The Morgan fingerprint density at radius 2 is 1.62 bits per heavy atom. The fourth-order valence-corrected chi connectivity index (χ4v) is 8.10. The number of pyridine rings is 1. The predicted octanol–water partition coefficient (Wildman–Crippen LogP) is 6.07. The molecule has 1 aliphatic carbocycles. The summed E-state index contributed by atoms with van der Waals surface area (Å²) in [6, 6.07) is 32.4. The molecule has 0 spiro atoms. The van der Waals surface area contributed by atoms with Crippen molar-refractivity contribution < 1.29 is 24.5 Å². The molecule has 11 heteroatoms. The smallest absolute Gasteiger partial charge is 0.411 e. The zero-order valence-electron chi connectivity index (χ0n) is 31.1. The summed E-state index contributed by atoms with van der Waals surface area (Å²) in [6.45, 7) is 4.12. The number of aliphatic hydroxyl groups excluding tert-OH is 1. The Morgan fingerprint density at radius 1 is 0.909 bits per heavy atom. The number of aromatic nitrogens is 1. The molecular weight excluding hydrogens is 695 g/mol. The van der Waals surface area contributed by atoms with E-state index in [9.17, 15) is 24.6 Å². The Labute approximate surface area is 321 Å². The van der Waals surface area contributed by atoms with Crippen molar-refractivity contribution in [1.29, 1.82) is 0 Å². The van der Waals surface area contributed by atoms with Gasteiger partial charge >= 0.3 is 6.09 Å². The van der Waals surface area contributed by atoms with E-state index in [1.165, 1.54) is 17.7 Å². The molecule has 11 nitrogen and oxygen atoms in total. The number of aromatic amines is 1. The fourth-order valence-electron chi connectivity index (χ4n) is 8.10. The van der Waals surface area contributed by atoms with Crippen molar-refractivity contribution in [3.8, 4) is 16.9 Å². The molecule has 286 valence electrons. The maximum Gasteiger partial charge on any atom is 0.411 e. The molecule has 7 rings (SSSR count). The van der Waals surface area contributed by atoms with Crippen LogP contribution in [0.15, 0.2) is 108 Å². The third-order valence-electron chi connectivity index (χ3n) is 11.0. The van der Waals surface area contributed by atoms with Gasteiger partial charge in [0.2, 0.25) is 11.5 Å². The van der Waals surface area contributed by atoms with Gasteiger partial charge in [-0.15, -0.1) is 0 Å². The molecule has 1 aromatic heterocycles. The molecule has 2 amide bonds. The molecule has 0 bridgehead atoms. The maximum absolute atomic E-state index is 12.9. The first-order chi connectivity index (χ1) is 26.7. The molecule has 2 fully saturated rings. The molecule has 0 radical (unpaired) electrons. The highest BCUT2D eigenvalue weighted by Crippen LogP contribution is 2.40. The minimum atomic E-state index is -0.856. The average molecular weight is 744 g/mol. The SMILES string of the molecule is CN(CCNC[C@H](O)c1ccc(O)c2[nH]c(=O)ccc12)C(=O)CCc1ccc(CN2C[C@H]3C[C@H](OC(=O)Nc4ccccc4-c4ccccc4)C[C@H]3C2)cc1. The van der Waals surface area contributed by atoms with Gasteiger partial charge in [0.15, 0.2) is 0 Å². The molecule has 0 unspecified atom stereocenters. The highest BCUT2D eigenvalue weighted by molar-refractivity contribution is 5.91. The number of nitrogens with zero attached hydrogens (tertiary/aromatic N) is 2. The second-order valence-electron chi connectivity index (χ2n) is 14.9. The number of carbonyl (C=O) groups is 2. The number of likely N-dealkylation sites (N-methyl/N-ethyl adjacent to an activating group) is 1. The van der Waals surface area contributed by atoms with Gasteiger partial charge in [-0.05, 0) is 71.6 Å². The number of carbonyl (C=O) groups excluding carboxylic acids is 2. The Morgan fingerprint density at radius 3 is 2.38 bits per heavy atom. The Hall–Kier alpha value is -5.49. The van der Waals surface area contributed by atoms with E-state index in [-0.39, 0.29) is 29.9 Å². The largest absolute Gasteiger partial charge is 0.506 e. The first kappa shape index (κ1) is 37.8. The van der Waals surface area contributed by atoms with E-state index in [0.717, 1.165) is 54.9 Å². The zero-order valence-corrected chi connectivity index (χ0v) is 31.1. The minimum absolute atomic E-state index is 0.0508. The van der Waals surface area contributed by atoms with E-state index in [1.807, 2.05) is 54.6 Å². The number of anilines is 1. The first-order valence-electron chi connectivity index (χ1n) is 19.1. The van der Waals surface area contributed by atoms with Gasteiger partial charge in [0.25, 0.3) is 0 Å². The number of hydrogen-bond acceptors (Lipinski definition) is 8. The van der Waals surface area contributed by atoms with Crippen LogP contribution in [-0.4, -0.2) is 82.9 Å². The lowest BCUT2D eigenvalue weighted by Crippen LogP contribution is -2.35. The number of H-pyrrole nitrogens is 1. The Balaban J connectivity index is 0.791. The van der Waals surface area contributed by atoms with Gasteiger partial charge in [-0.1, -0.05) is 78.9 Å². The highest BCUT2D eigenvalue weighted by atomic mass is 16.6. The molecule has 4 atom stereocenters. The van der Waals surface area contributed by atoms with Crippen LogP contribution in [0.5, 0.6) is 5.75 Å². The van der Waals surface area contributed by atoms with Crippen molar-refractivity contribution in [3.63, 3.8) is 0 Å². The van der Waals surface area contributed by atoms with Crippen LogP contribution in [0.25, 0.3) is 22.0 Å². The van der Waals surface area contributed by atoms with Crippen molar-refractivity contribution >= 4 is 28.6 Å². The average Bonchev–Trinajstić information content (AvgIpc) is 3.74. The lowest BCUT2D eigenvalue weighted by atomic mass is 10.0. The first-order valence-corrected chi connectivity index (χ1v) is 19.1. The number of aryl methyl sites for hydroxylation is 1. The summed E-state index contributed by atoms with van der Waals surface area (Å²) < 4.78 is 5.91. The van der Waals surface area contributed by atoms with Crippen LogP contribution in [0.4, 0.5) is 10.5 Å². The number of aromatic hydroxyl groups is 1. The number of rotatable bonds is 14. The lowest BCUT2D eigenvalue weighted by molar-refractivity contribution is -0.129. The summed E-state index contributed by atoms with van der Waals surface area (Å²) in [5.41, 5.74) is 5.69. The van der Waals surface area contributed by atoms with Gasteiger partial charge in [-0.25, -0.2) is 4.79 Å². The molecule has 4 aromatic carbocycles. The molecule has 1 saturated heterocycles. The third-order valence-corrected chi connectivity index (χ3v) is 11.0. The van der Waals surface area contributed by atoms with E-state index in [4.69, 9.17) is 4.74 Å². The number of para-hydroxylation sites is 1. The Bertz CT molecular complexity index is 2140. The Kier molecular flexibility index (Phi) is 11.9. The summed E-state index contributed by atoms with van der Waals surface area (Å²) in [7, 11) is 1.79. The number of phenolic OH excluding ortho intramolecular Hbond substituents is 1. The number of fused-ring (bicyclic) bond motifs is 2. The molecule has 5 N–H and O–H groups in total. The molecular formula is C44H49N5O6. The molecule has 5 aromatic rings. The van der Waals surface area contributed by atoms with Gasteiger partial charge in [0, 0.05) is 69.8 Å². The fraction of sp³-hybridized carbons (Fsp3) is 0.341. The number of hydrogen-bond donors (Lipinski definition) is 5. The minimum Gasteiger partial charge on any atom is -0.506 e. The van der Waals surface area contributed by atoms with Crippen molar-refractivity contribution in [2.24, 2.45) is 11.8 Å². The number of aliphatic hydroxyl groups is 1. The van der Waals surface area contributed by atoms with Crippen LogP contribution in [0.3, 0.4) is 0 Å². The van der Waals surface area contributed by atoms with E-state index in [1.54, 1.807) is 24.1 Å². The molecule has 2 heterocycles. The van der Waals surface area contributed by atoms with Crippen molar-refractivity contribution in [1.82, 2.24) is 20.1 Å². The van der Waals surface area contributed by atoms with E-state index >= 15 is 0 Å². The summed E-state index contributed by atoms with van der Waals surface area (Å²) >= 11 is 0. The van der Waals surface area contributed by atoms with Gasteiger partial charge in [0.1, 0.15) is 11.9 Å². The van der Waals surface area contributed by atoms with Crippen molar-refractivity contribution in [2.75, 3.05) is 45.1 Å². The van der Waals surface area contributed by atoms with Crippen LogP contribution < -0.4 is 16.2 Å². The zero-order chi connectivity index (χ0) is 38.3. The normalized spacial score (nSPS) is 18.5. The number of likely N-dealkylation sites (tertiary alicyclic amines) is 1. The molecule has 1 aliphatic heterocycles. The quantitative estimate of drug-likeness (QED) is 0.0862. The maximum atomic E-state index is 12.9. The summed E-state index contributed by atoms with van der Waals surface area (Å²) in [6.07, 6.45) is 1.51. The summed E-state index contributed by atoms with van der Waals surface area (Å²) in [5.74, 6) is 1.04. The monoisotopic (exact) mass is 743 g/mol. The van der Waals surface area contributed by atoms with Crippen LogP contribution in [0.1, 0.15) is 42.1 Å². The second kappa shape index (κ2) is 17.3. The summed E-state index contributed by atoms with van der Waals surface area (Å²) in [5, 5.41) is 27.6. The highest BCUT2D eigenvalue weighted by Gasteiger charge is 2.42. The lowest BCUT2D eigenvalue weighted by Gasteiger charge is -2.20. The molecule has 2 aliphatic rings. The van der Waals surface area contributed by atoms with Crippen molar-refractivity contribution in [3.05, 3.63) is 130 Å². The van der Waals surface area contributed by atoms with Gasteiger partial charge in [0.05, 0.1) is 17.3 Å².